The first-order valence-electron chi connectivity index (χ1n) is 14.4. The van der Waals surface area contributed by atoms with Crippen LogP contribution in [0, 0.1) is 17.3 Å². The molecule has 0 aromatic heterocycles. The van der Waals surface area contributed by atoms with Gasteiger partial charge in [-0.3, -0.25) is 9.69 Å². The second-order valence-electron chi connectivity index (χ2n) is 12.3. The first-order chi connectivity index (χ1) is 17.9. The van der Waals surface area contributed by atoms with Crippen molar-refractivity contribution in [3.05, 3.63) is 64.7 Å². The molecule has 196 valence electrons. The second-order valence-corrected chi connectivity index (χ2v) is 12.3. The minimum absolute atomic E-state index is 0.202. The van der Waals surface area contributed by atoms with E-state index in [0.717, 1.165) is 55.7 Å². The largest absolute Gasteiger partial charge is 0.492 e. The van der Waals surface area contributed by atoms with E-state index >= 15 is 0 Å². The average Bonchev–Trinajstić information content (AvgIpc) is 3.51. The molecule has 4 unspecified atom stereocenters. The lowest BCUT2D eigenvalue weighted by Gasteiger charge is -2.48. The highest BCUT2D eigenvalue weighted by atomic mass is 16.5. The molecular weight excluding hydrogens is 456 g/mol. The van der Waals surface area contributed by atoms with Crippen molar-refractivity contribution in [1.82, 2.24) is 4.90 Å². The van der Waals surface area contributed by atoms with Crippen LogP contribution in [0.15, 0.2) is 48.0 Å². The van der Waals surface area contributed by atoms with Gasteiger partial charge in [-0.2, -0.15) is 0 Å². The minimum Gasteiger partial charge on any atom is -0.492 e. The number of aryl methyl sites for hydroxylation is 1. The summed E-state index contributed by atoms with van der Waals surface area (Å²) in [6.45, 7) is 6.52. The third-order valence-electron chi connectivity index (χ3n) is 9.96. The number of hydrogen-bond acceptors (Lipinski definition) is 4. The Hall–Kier alpha value is -2.59. The summed E-state index contributed by atoms with van der Waals surface area (Å²) >= 11 is 0. The molecule has 1 aliphatic heterocycles. The number of hydrogen-bond donors (Lipinski definition) is 0. The van der Waals surface area contributed by atoms with Gasteiger partial charge >= 0.3 is 0 Å². The van der Waals surface area contributed by atoms with Crippen LogP contribution in [0.25, 0.3) is 6.08 Å². The lowest BCUT2D eigenvalue weighted by atomic mass is 9.55. The fraction of sp³-hybridized carbons (Fsp3) is 0.545. The number of rotatable bonds is 6. The number of ketones is 1. The SMILES string of the molecule is CN(C)c1ccc(/C=C2\CC3C4CCc5cc(OCCN6CCCC6)ccc5C4CCC3(C)C2=O)cc1. The summed E-state index contributed by atoms with van der Waals surface area (Å²) in [7, 11) is 4.11. The summed E-state index contributed by atoms with van der Waals surface area (Å²) in [6.07, 6.45) is 10.2. The molecule has 2 aromatic rings. The Balaban J connectivity index is 1.17. The second kappa shape index (κ2) is 9.94. The van der Waals surface area contributed by atoms with Crippen molar-refractivity contribution in [1.29, 1.82) is 0 Å². The zero-order valence-corrected chi connectivity index (χ0v) is 22.8. The fourth-order valence-electron chi connectivity index (χ4n) is 7.82. The van der Waals surface area contributed by atoms with Crippen LogP contribution in [-0.2, 0) is 11.2 Å². The smallest absolute Gasteiger partial charge is 0.165 e. The lowest BCUT2D eigenvalue weighted by molar-refractivity contribution is -0.127. The van der Waals surface area contributed by atoms with E-state index in [-0.39, 0.29) is 5.41 Å². The summed E-state index contributed by atoms with van der Waals surface area (Å²) in [5, 5.41) is 0. The quantitative estimate of drug-likeness (QED) is 0.435. The van der Waals surface area contributed by atoms with E-state index in [1.165, 1.54) is 49.2 Å². The van der Waals surface area contributed by atoms with Gasteiger partial charge in [-0.15, -0.1) is 0 Å². The number of ether oxygens (including phenoxy) is 1. The molecule has 1 heterocycles. The Morgan fingerprint density at radius 2 is 1.86 bits per heavy atom. The van der Waals surface area contributed by atoms with E-state index in [0.29, 0.717) is 23.5 Å². The highest BCUT2D eigenvalue weighted by Gasteiger charge is 2.56. The molecular formula is C33H42N2O2. The predicted octanol–water partition coefficient (Wildman–Crippen LogP) is 6.35. The van der Waals surface area contributed by atoms with Crippen LogP contribution < -0.4 is 9.64 Å². The van der Waals surface area contributed by atoms with Gasteiger partial charge in [-0.25, -0.2) is 0 Å². The Labute approximate surface area is 222 Å². The van der Waals surface area contributed by atoms with E-state index < -0.39 is 0 Å². The monoisotopic (exact) mass is 498 g/mol. The number of benzene rings is 2. The summed E-state index contributed by atoms with van der Waals surface area (Å²) in [4.78, 5) is 18.3. The van der Waals surface area contributed by atoms with Crippen LogP contribution in [0.2, 0.25) is 0 Å². The molecule has 0 bridgehead atoms. The first-order valence-corrected chi connectivity index (χ1v) is 14.4. The van der Waals surface area contributed by atoms with E-state index in [9.17, 15) is 4.79 Å². The van der Waals surface area contributed by atoms with E-state index in [2.05, 4.69) is 79.4 Å². The van der Waals surface area contributed by atoms with Crippen molar-refractivity contribution in [3.63, 3.8) is 0 Å². The number of carbonyl (C=O) groups is 1. The maximum absolute atomic E-state index is 13.7. The number of carbonyl (C=O) groups excluding carboxylic acids is 1. The van der Waals surface area contributed by atoms with Crippen molar-refractivity contribution >= 4 is 17.5 Å². The molecule has 2 saturated carbocycles. The van der Waals surface area contributed by atoms with E-state index in [1.54, 1.807) is 0 Å². The molecule has 37 heavy (non-hydrogen) atoms. The number of Topliss-reactive ketones (excluding diaryl/α,β-unsaturated/α-hetero) is 1. The molecule has 0 radical (unpaired) electrons. The van der Waals surface area contributed by atoms with Crippen LogP contribution in [0.1, 0.15) is 68.1 Å². The number of nitrogens with zero attached hydrogens (tertiary/aromatic N) is 2. The van der Waals surface area contributed by atoms with Crippen LogP contribution >= 0.6 is 0 Å². The molecule has 4 aliphatic rings. The Morgan fingerprint density at radius 3 is 2.62 bits per heavy atom. The summed E-state index contributed by atoms with van der Waals surface area (Å²) in [5.74, 6) is 3.06. The van der Waals surface area contributed by atoms with Gasteiger partial charge in [0.25, 0.3) is 0 Å². The average molecular weight is 499 g/mol. The van der Waals surface area contributed by atoms with E-state index in [4.69, 9.17) is 4.74 Å². The van der Waals surface area contributed by atoms with Crippen molar-refractivity contribution in [2.24, 2.45) is 17.3 Å². The van der Waals surface area contributed by atoms with Gasteiger partial charge in [-0.05, 0) is 128 Å². The molecule has 4 nitrogen and oxygen atoms in total. The lowest BCUT2D eigenvalue weighted by Crippen LogP contribution is -2.42. The summed E-state index contributed by atoms with van der Waals surface area (Å²) in [5.41, 5.74) is 6.16. The molecule has 6 rings (SSSR count). The van der Waals surface area contributed by atoms with E-state index in [1.807, 2.05) is 0 Å². The molecule has 3 fully saturated rings. The standard InChI is InChI=1S/C33H42N2O2/c1-33-15-14-29-28-13-11-27(37-19-18-35-16-4-5-17-35)21-24(28)8-12-30(29)31(33)22-25(32(33)36)20-23-6-9-26(10-7-23)34(2)3/h6-7,9-11,13,20-21,29-31H,4-5,8,12,14-19,22H2,1-3H3/b25-20+. The Bertz CT molecular complexity index is 1180. The van der Waals surface area contributed by atoms with Gasteiger partial charge in [-0.1, -0.05) is 25.1 Å². The third-order valence-corrected chi connectivity index (χ3v) is 9.96. The Kier molecular flexibility index (Phi) is 6.65. The van der Waals surface area contributed by atoms with Gasteiger partial charge in [0, 0.05) is 31.7 Å². The maximum Gasteiger partial charge on any atom is 0.165 e. The van der Waals surface area contributed by atoms with Crippen LogP contribution in [0.4, 0.5) is 5.69 Å². The number of allylic oxidation sites excluding steroid dienone is 1. The van der Waals surface area contributed by atoms with Crippen molar-refractivity contribution in [2.75, 3.05) is 45.2 Å². The molecule has 4 atom stereocenters. The number of anilines is 1. The number of likely N-dealkylation sites (tertiary alicyclic amines) is 1. The highest BCUT2D eigenvalue weighted by Crippen LogP contribution is 2.61. The molecule has 0 spiro atoms. The number of fused-ring (bicyclic) bond motifs is 5. The molecule has 4 heteroatoms. The van der Waals surface area contributed by atoms with Gasteiger partial charge < -0.3 is 9.64 Å². The topological polar surface area (TPSA) is 32.8 Å². The third kappa shape index (κ3) is 4.63. The fourth-order valence-corrected chi connectivity index (χ4v) is 7.82. The minimum atomic E-state index is -0.202. The first kappa shape index (κ1) is 24.7. The van der Waals surface area contributed by atoms with Gasteiger partial charge in [0.15, 0.2) is 5.78 Å². The molecule has 0 N–H and O–H groups in total. The van der Waals surface area contributed by atoms with Crippen LogP contribution in [-0.4, -0.2) is 51.0 Å². The normalized spacial score (nSPS) is 30.2. The van der Waals surface area contributed by atoms with Gasteiger partial charge in [0.2, 0.25) is 0 Å². The van der Waals surface area contributed by atoms with Gasteiger partial charge in [0.05, 0.1) is 0 Å². The van der Waals surface area contributed by atoms with Crippen LogP contribution in [0.5, 0.6) is 5.75 Å². The maximum atomic E-state index is 13.7. The molecule has 3 aliphatic carbocycles. The highest BCUT2D eigenvalue weighted by molar-refractivity contribution is 6.06. The predicted molar refractivity (Wildman–Crippen MR) is 151 cm³/mol. The zero-order valence-electron chi connectivity index (χ0n) is 22.8. The summed E-state index contributed by atoms with van der Waals surface area (Å²) in [6, 6.07) is 15.4. The molecule has 2 aromatic carbocycles. The molecule has 1 saturated heterocycles. The summed E-state index contributed by atoms with van der Waals surface area (Å²) < 4.78 is 6.16. The zero-order chi connectivity index (χ0) is 25.6. The van der Waals surface area contributed by atoms with Gasteiger partial charge in [0.1, 0.15) is 12.4 Å². The van der Waals surface area contributed by atoms with Crippen molar-refractivity contribution in [3.8, 4) is 5.75 Å². The van der Waals surface area contributed by atoms with Crippen LogP contribution in [0.3, 0.4) is 0 Å². The molecule has 0 amide bonds. The van der Waals surface area contributed by atoms with Crippen molar-refractivity contribution < 1.29 is 9.53 Å². The Morgan fingerprint density at radius 1 is 1.08 bits per heavy atom. The van der Waals surface area contributed by atoms with Crippen molar-refractivity contribution in [2.45, 2.75) is 57.8 Å².